The average molecular weight is 573 g/mol. The molecule has 1 unspecified atom stereocenters. The van der Waals surface area contributed by atoms with Gasteiger partial charge in [-0.05, 0) is 51.3 Å². The number of benzene rings is 1. The lowest BCUT2D eigenvalue weighted by Gasteiger charge is -2.41. The topological polar surface area (TPSA) is 109 Å². The minimum atomic E-state index is -0.816. The molecule has 0 bridgehead atoms. The van der Waals surface area contributed by atoms with Crippen LogP contribution in [0.5, 0.6) is 0 Å². The number of amides is 4. The Bertz CT molecular complexity index is 1160. The van der Waals surface area contributed by atoms with Crippen LogP contribution in [0.3, 0.4) is 0 Å². The van der Waals surface area contributed by atoms with Crippen molar-refractivity contribution in [3.05, 3.63) is 53.1 Å². The molecule has 2 aromatic rings. The smallest absolute Gasteiger partial charge is 0.410 e. The Morgan fingerprint density at radius 1 is 1.07 bits per heavy atom. The fraction of sp³-hybridized carbons (Fsp3) is 0.586. The van der Waals surface area contributed by atoms with E-state index in [0.717, 1.165) is 36.9 Å². The molecule has 1 saturated carbocycles. The summed E-state index contributed by atoms with van der Waals surface area (Å²) in [5.74, 6) is -0.296. The summed E-state index contributed by atoms with van der Waals surface area (Å²) in [7, 11) is 0. The van der Waals surface area contributed by atoms with Crippen LogP contribution in [-0.4, -0.2) is 81.2 Å². The van der Waals surface area contributed by atoms with E-state index in [0.29, 0.717) is 31.1 Å². The highest BCUT2D eigenvalue weighted by Gasteiger charge is 2.38. The third kappa shape index (κ3) is 8.36. The van der Waals surface area contributed by atoms with Crippen molar-refractivity contribution in [3.63, 3.8) is 0 Å². The van der Waals surface area contributed by atoms with E-state index in [1.807, 2.05) is 28.8 Å². The third-order valence-corrected chi connectivity index (χ3v) is 7.53. The Labute approximate surface area is 241 Å². The van der Waals surface area contributed by atoms with Crippen LogP contribution in [0.15, 0.2) is 36.8 Å². The van der Waals surface area contributed by atoms with Gasteiger partial charge in [0.25, 0.3) is 0 Å². The first-order chi connectivity index (χ1) is 19.1. The van der Waals surface area contributed by atoms with Gasteiger partial charge in [0, 0.05) is 55.6 Å². The zero-order valence-electron chi connectivity index (χ0n) is 23.7. The Morgan fingerprint density at radius 2 is 1.80 bits per heavy atom. The van der Waals surface area contributed by atoms with Crippen LogP contribution in [0.1, 0.15) is 64.1 Å². The number of nitrogens with one attached hydrogen (secondary N) is 2. The van der Waals surface area contributed by atoms with Crippen molar-refractivity contribution in [3.8, 4) is 0 Å². The number of carbonyl (C=O) groups excluding carboxylic acids is 3. The molecule has 1 aromatic carbocycles. The molecule has 2 aliphatic rings. The molecule has 1 aliphatic heterocycles. The molecule has 1 aliphatic carbocycles. The van der Waals surface area contributed by atoms with E-state index in [4.69, 9.17) is 16.3 Å². The van der Waals surface area contributed by atoms with Crippen molar-refractivity contribution in [2.24, 2.45) is 0 Å². The molecule has 4 rings (SSSR count). The molecule has 40 heavy (non-hydrogen) atoms. The van der Waals surface area contributed by atoms with Crippen molar-refractivity contribution in [2.75, 3.05) is 26.2 Å². The molecular formula is C29H41ClN6O4. The predicted molar refractivity (Wildman–Crippen MR) is 153 cm³/mol. The lowest BCUT2D eigenvalue weighted by Crippen LogP contribution is -2.64. The zero-order valence-corrected chi connectivity index (χ0v) is 24.5. The van der Waals surface area contributed by atoms with Crippen molar-refractivity contribution < 1.29 is 19.1 Å². The van der Waals surface area contributed by atoms with Crippen LogP contribution in [0.25, 0.3) is 0 Å². The van der Waals surface area contributed by atoms with Gasteiger partial charge in [-0.3, -0.25) is 4.79 Å². The average Bonchev–Trinajstić information content (AvgIpc) is 3.35. The van der Waals surface area contributed by atoms with Crippen LogP contribution in [0.4, 0.5) is 9.59 Å². The van der Waals surface area contributed by atoms with Crippen molar-refractivity contribution >= 4 is 29.6 Å². The first-order valence-electron chi connectivity index (χ1n) is 14.2. The highest BCUT2D eigenvalue weighted by atomic mass is 35.5. The lowest BCUT2D eigenvalue weighted by atomic mass is 9.95. The Hall–Kier alpha value is -3.27. The maximum atomic E-state index is 13.4. The van der Waals surface area contributed by atoms with Gasteiger partial charge in [-0.2, -0.15) is 0 Å². The molecule has 11 heteroatoms. The van der Waals surface area contributed by atoms with Gasteiger partial charge in [-0.15, -0.1) is 0 Å². The van der Waals surface area contributed by atoms with Crippen LogP contribution in [-0.2, 0) is 22.5 Å². The highest BCUT2D eigenvalue weighted by Crippen LogP contribution is 2.20. The number of ether oxygens (including phenoxy) is 1. The van der Waals surface area contributed by atoms with E-state index in [9.17, 15) is 14.4 Å². The summed E-state index contributed by atoms with van der Waals surface area (Å²) in [5.41, 5.74) is 1.41. The number of urea groups is 1. The predicted octanol–water partition coefficient (Wildman–Crippen LogP) is 4.21. The number of aromatic nitrogens is 2. The maximum absolute atomic E-state index is 13.4. The molecule has 0 radical (unpaired) electrons. The highest BCUT2D eigenvalue weighted by molar-refractivity contribution is 6.30. The summed E-state index contributed by atoms with van der Waals surface area (Å²) in [4.78, 5) is 46.9. The van der Waals surface area contributed by atoms with Gasteiger partial charge < -0.3 is 29.7 Å². The first kappa shape index (κ1) is 29.7. The van der Waals surface area contributed by atoms with Gasteiger partial charge in [-0.1, -0.05) is 43.0 Å². The Balaban J connectivity index is 1.38. The van der Waals surface area contributed by atoms with Crippen LogP contribution in [0, 0.1) is 0 Å². The van der Waals surface area contributed by atoms with Crippen LogP contribution >= 0.6 is 11.6 Å². The molecule has 1 atom stereocenters. The van der Waals surface area contributed by atoms with Crippen molar-refractivity contribution in [1.82, 2.24) is 30.0 Å². The van der Waals surface area contributed by atoms with Crippen LogP contribution < -0.4 is 10.6 Å². The van der Waals surface area contributed by atoms with E-state index >= 15 is 0 Å². The van der Waals surface area contributed by atoms with Gasteiger partial charge in [0.2, 0.25) is 5.91 Å². The van der Waals surface area contributed by atoms with Crippen LogP contribution in [0.2, 0.25) is 5.02 Å². The molecule has 218 valence electrons. The monoisotopic (exact) mass is 572 g/mol. The van der Waals surface area contributed by atoms with E-state index in [1.165, 1.54) is 11.3 Å². The summed E-state index contributed by atoms with van der Waals surface area (Å²) in [5, 5.41) is 6.80. The normalized spacial score (nSPS) is 18.4. The summed E-state index contributed by atoms with van der Waals surface area (Å²) in [6.45, 7) is 7.06. The molecule has 2 fully saturated rings. The van der Waals surface area contributed by atoms with Gasteiger partial charge in [0.05, 0.1) is 12.9 Å². The fourth-order valence-corrected chi connectivity index (χ4v) is 5.29. The minimum Gasteiger partial charge on any atom is -0.444 e. The van der Waals surface area contributed by atoms with E-state index in [-0.39, 0.29) is 31.1 Å². The molecule has 1 aromatic heterocycles. The van der Waals surface area contributed by atoms with E-state index in [2.05, 4.69) is 15.6 Å². The Kier molecular flexibility index (Phi) is 9.95. The zero-order chi connectivity index (χ0) is 28.7. The molecule has 1 saturated heterocycles. The second-order valence-electron chi connectivity index (χ2n) is 11.6. The summed E-state index contributed by atoms with van der Waals surface area (Å²) in [6, 6.07) is 6.71. The summed E-state index contributed by atoms with van der Waals surface area (Å²) in [6.07, 6.45) is 8.91. The molecule has 4 amide bonds. The van der Waals surface area contributed by atoms with Crippen molar-refractivity contribution in [1.29, 1.82) is 0 Å². The first-order valence-corrected chi connectivity index (χ1v) is 14.5. The second kappa shape index (κ2) is 13.4. The summed E-state index contributed by atoms with van der Waals surface area (Å²) >= 11 is 6.00. The third-order valence-electron chi connectivity index (χ3n) is 7.27. The number of imidazole rings is 1. The largest absolute Gasteiger partial charge is 0.444 e. The number of nitrogens with zero attached hydrogens (tertiary/aromatic N) is 4. The Morgan fingerprint density at radius 3 is 2.50 bits per heavy atom. The molecule has 2 N–H and O–H groups in total. The van der Waals surface area contributed by atoms with E-state index in [1.54, 1.807) is 38.2 Å². The van der Waals surface area contributed by atoms with Gasteiger partial charge in [0.15, 0.2) is 0 Å². The second-order valence-corrected chi connectivity index (χ2v) is 12.0. The van der Waals surface area contributed by atoms with Gasteiger partial charge in [-0.25, -0.2) is 14.6 Å². The number of piperazine rings is 1. The van der Waals surface area contributed by atoms with Gasteiger partial charge in [0.1, 0.15) is 11.6 Å². The van der Waals surface area contributed by atoms with Crippen molar-refractivity contribution in [2.45, 2.75) is 83.5 Å². The number of halogens is 1. The maximum Gasteiger partial charge on any atom is 0.410 e. The minimum absolute atomic E-state index is 0.0767. The number of rotatable bonds is 7. The molecule has 0 spiro atoms. The lowest BCUT2D eigenvalue weighted by molar-refractivity contribution is -0.127. The quantitative estimate of drug-likeness (QED) is 0.517. The SMILES string of the molecule is CC(C)(C)OC(=O)N1CCN(C(=O)NC2CCCCC2)C(C(=O)NCCc2cncn2Cc2ccc(Cl)cc2)C1. The number of hydrogen-bond donors (Lipinski definition) is 2. The molecular weight excluding hydrogens is 532 g/mol. The fourth-order valence-electron chi connectivity index (χ4n) is 5.16. The van der Waals surface area contributed by atoms with E-state index < -0.39 is 17.7 Å². The summed E-state index contributed by atoms with van der Waals surface area (Å²) < 4.78 is 7.57. The number of carbonyl (C=O) groups is 3. The number of hydrogen-bond acceptors (Lipinski definition) is 5. The molecule has 10 nitrogen and oxygen atoms in total. The standard InChI is InChI=1S/C29H41ClN6O4/c1-29(2,3)40-28(39)34-15-16-36(27(38)33-23-7-5-4-6-8-23)25(19-34)26(37)32-14-13-24-17-31-20-35(24)18-21-9-11-22(30)12-10-21/h9-12,17,20,23,25H,4-8,13-16,18-19H2,1-3H3,(H,32,37)(H,33,38). The van der Waals surface area contributed by atoms with Gasteiger partial charge >= 0.3 is 12.1 Å². The molecule has 2 heterocycles.